The molecule has 0 aliphatic carbocycles. The fourth-order valence-corrected chi connectivity index (χ4v) is 2.77. The Bertz CT molecular complexity index is 732. The van der Waals surface area contributed by atoms with Crippen molar-refractivity contribution in [2.24, 2.45) is 0 Å². The zero-order chi connectivity index (χ0) is 16.4. The van der Waals surface area contributed by atoms with Gasteiger partial charge in [-0.05, 0) is 11.6 Å². The zero-order valence-electron chi connectivity index (χ0n) is 12.5. The van der Waals surface area contributed by atoms with Gasteiger partial charge in [-0.3, -0.25) is 14.7 Å². The topological polar surface area (TPSA) is 79.7 Å². The van der Waals surface area contributed by atoms with Crippen molar-refractivity contribution in [1.82, 2.24) is 9.88 Å². The highest BCUT2D eigenvalue weighted by Crippen LogP contribution is 2.33. The number of aliphatic hydroxyl groups excluding tert-OH is 1. The van der Waals surface area contributed by atoms with E-state index in [9.17, 15) is 14.7 Å². The molecule has 0 fully saturated rings. The van der Waals surface area contributed by atoms with Gasteiger partial charge in [0.25, 0.3) is 5.91 Å². The van der Waals surface area contributed by atoms with Crippen molar-refractivity contribution < 1.29 is 19.4 Å². The van der Waals surface area contributed by atoms with Crippen LogP contribution in [0, 0.1) is 0 Å². The van der Waals surface area contributed by atoms with Gasteiger partial charge in [0.15, 0.2) is 6.23 Å². The van der Waals surface area contributed by atoms with Gasteiger partial charge >= 0.3 is 5.97 Å². The number of benzene rings is 1. The quantitative estimate of drug-likeness (QED) is 0.861. The standard InChI is InChI=1S/C17H16N2O4/c1-23-17(22)13(10-11-6-3-2-4-7-11)19-15(20)12-8-5-9-18-14(12)16(19)21/h2-9,13,15,20H,10H2,1H3. The van der Waals surface area contributed by atoms with Crippen LogP contribution in [0.3, 0.4) is 0 Å². The van der Waals surface area contributed by atoms with Crippen molar-refractivity contribution in [3.8, 4) is 0 Å². The highest BCUT2D eigenvalue weighted by molar-refractivity contribution is 5.99. The number of nitrogens with zero attached hydrogens (tertiary/aromatic N) is 2. The number of fused-ring (bicyclic) bond motifs is 1. The van der Waals surface area contributed by atoms with Crippen LogP contribution in [0.1, 0.15) is 27.8 Å². The Morgan fingerprint density at radius 2 is 2.04 bits per heavy atom. The normalized spacial score (nSPS) is 17.7. The van der Waals surface area contributed by atoms with Crippen molar-refractivity contribution in [2.45, 2.75) is 18.7 Å². The molecule has 23 heavy (non-hydrogen) atoms. The molecule has 2 aromatic rings. The molecule has 0 spiro atoms. The molecule has 1 aromatic heterocycles. The summed E-state index contributed by atoms with van der Waals surface area (Å²) < 4.78 is 4.83. The molecule has 3 rings (SSSR count). The molecule has 0 bridgehead atoms. The molecule has 6 nitrogen and oxygen atoms in total. The first-order valence-electron chi connectivity index (χ1n) is 7.21. The molecule has 2 heterocycles. The summed E-state index contributed by atoms with van der Waals surface area (Å²) in [7, 11) is 1.26. The van der Waals surface area contributed by atoms with E-state index in [1.54, 1.807) is 12.1 Å². The van der Waals surface area contributed by atoms with E-state index in [-0.39, 0.29) is 12.1 Å². The molecule has 6 heteroatoms. The molecule has 0 radical (unpaired) electrons. The van der Waals surface area contributed by atoms with Crippen LogP contribution < -0.4 is 0 Å². The molecular formula is C17H16N2O4. The third kappa shape index (κ3) is 2.68. The van der Waals surface area contributed by atoms with Gasteiger partial charge in [0.2, 0.25) is 0 Å². The number of methoxy groups -OCH3 is 1. The maximum atomic E-state index is 12.6. The van der Waals surface area contributed by atoms with E-state index in [1.807, 2.05) is 30.3 Å². The van der Waals surface area contributed by atoms with Gasteiger partial charge in [0, 0.05) is 18.2 Å². The van der Waals surface area contributed by atoms with Gasteiger partial charge in [-0.2, -0.15) is 0 Å². The number of aliphatic hydroxyl groups is 1. The molecule has 0 saturated carbocycles. The fraction of sp³-hybridized carbons (Fsp3) is 0.235. The number of ether oxygens (including phenoxy) is 1. The van der Waals surface area contributed by atoms with Crippen molar-refractivity contribution in [3.05, 3.63) is 65.5 Å². The Labute approximate surface area is 133 Å². The lowest BCUT2D eigenvalue weighted by Crippen LogP contribution is -2.45. The first-order chi connectivity index (χ1) is 11.1. The highest BCUT2D eigenvalue weighted by atomic mass is 16.5. The summed E-state index contributed by atoms with van der Waals surface area (Å²) in [6.45, 7) is 0. The van der Waals surface area contributed by atoms with Crippen LogP contribution in [0.15, 0.2) is 48.7 Å². The minimum absolute atomic E-state index is 0.168. The summed E-state index contributed by atoms with van der Waals surface area (Å²) in [6.07, 6.45) is 0.528. The van der Waals surface area contributed by atoms with Crippen LogP contribution in [0.4, 0.5) is 0 Å². The number of carbonyl (C=O) groups is 2. The average Bonchev–Trinajstić information content (AvgIpc) is 2.85. The molecule has 1 amide bonds. The Morgan fingerprint density at radius 1 is 1.30 bits per heavy atom. The highest BCUT2D eigenvalue weighted by Gasteiger charge is 2.43. The summed E-state index contributed by atoms with van der Waals surface area (Å²) in [5.41, 5.74) is 1.44. The maximum Gasteiger partial charge on any atom is 0.329 e. The largest absolute Gasteiger partial charge is 0.467 e. The molecule has 118 valence electrons. The van der Waals surface area contributed by atoms with E-state index in [2.05, 4.69) is 4.98 Å². The Hall–Kier alpha value is -2.73. The van der Waals surface area contributed by atoms with Crippen molar-refractivity contribution in [1.29, 1.82) is 0 Å². The van der Waals surface area contributed by atoms with Crippen LogP contribution in [0.5, 0.6) is 0 Å². The van der Waals surface area contributed by atoms with E-state index >= 15 is 0 Å². The smallest absolute Gasteiger partial charge is 0.329 e. The van der Waals surface area contributed by atoms with Gasteiger partial charge in [0.05, 0.1) is 7.11 Å². The second kappa shape index (κ2) is 6.18. The second-order valence-corrected chi connectivity index (χ2v) is 5.26. The van der Waals surface area contributed by atoms with Gasteiger partial charge in [0.1, 0.15) is 11.7 Å². The SMILES string of the molecule is COC(=O)C(Cc1ccccc1)N1C(=O)c2ncccc2C1O. The minimum atomic E-state index is -1.21. The Balaban J connectivity index is 1.95. The number of hydrogen-bond acceptors (Lipinski definition) is 5. The van der Waals surface area contributed by atoms with Crippen molar-refractivity contribution in [2.75, 3.05) is 7.11 Å². The average molecular weight is 312 g/mol. The maximum absolute atomic E-state index is 12.6. The lowest BCUT2D eigenvalue weighted by Gasteiger charge is -2.28. The van der Waals surface area contributed by atoms with Crippen molar-refractivity contribution in [3.63, 3.8) is 0 Å². The predicted octanol–water partition coefficient (Wildman–Crippen LogP) is 1.31. The van der Waals surface area contributed by atoms with Crippen molar-refractivity contribution >= 4 is 11.9 Å². The molecule has 2 unspecified atom stereocenters. The number of pyridine rings is 1. The van der Waals surface area contributed by atoms with E-state index in [0.29, 0.717) is 5.56 Å². The molecule has 1 N–H and O–H groups in total. The predicted molar refractivity (Wildman–Crippen MR) is 81.3 cm³/mol. The van der Waals surface area contributed by atoms with Gasteiger partial charge < -0.3 is 9.84 Å². The zero-order valence-corrected chi connectivity index (χ0v) is 12.5. The van der Waals surface area contributed by atoms with E-state index in [4.69, 9.17) is 4.74 Å². The number of amides is 1. The fourth-order valence-electron chi connectivity index (χ4n) is 2.77. The molecule has 0 saturated heterocycles. The third-order valence-corrected chi connectivity index (χ3v) is 3.90. The number of carbonyl (C=O) groups excluding carboxylic acids is 2. The summed E-state index contributed by atoms with van der Waals surface area (Å²) in [4.78, 5) is 29.9. The molecule has 2 atom stereocenters. The van der Waals surface area contributed by atoms with E-state index in [1.165, 1.54) is 13.3 Å². The van der Waals surface area contributed by atoms with E-state index < -0.39 is 24.1 Å². The Kier molecular flexibility index (Phi) is 4.08. The number of aromatic nitrogens is 1. The van der Waals surface area contributed by atoms with Crippen LogP contribution in [-0.2, 0) is 16.0 Å². The summed E-state index contributed by atoms with van der Waals surface area (Å²) in [5, 5.41) is 10.5. The van der Waals surface area contributed by atoms with Crippen LogP contribution in [-0.4, -0.2) is 40.0 Å². The third-order valence-electron chi connectivity index (χ3n) is 3.90. The number of esters is 1. The Morgan fingerprint density at radius 3 is 2.70 bits per heavy atom. The lowest BCUT2D eigenvalue weighted by molar-refractivity contribution is -0.149. The lowest BCUT2D eigenvalue weighted by atomic mass is 10.0. The molecule has 1 aliphatic heterocycles. The minimum Gasteiger partial charge on any atom is -0.467 e. The van der Waals surface area contributed by atoms with Gasteiger partial charge in [-0.15, -0.1) is 0 Å². The van der Waals surface area contributed by atoms with Crippen LogP contribution >= 0.6 is 0 Å². The first kappa shape index (κ1) is 15.2. The number of hydrogen-bond donors (Lipinski definition) is 1. The van der Waals surface area contributed by atoms with Gasteiger partial charge in [-0.1, -0.05) is 36.4 Å². The molecule has 1 aromatic carbocycles. The van der Waals surface area contributed by atoms with Crippen LogP contribution in [0.2, 0.25) is 0 Å². The summed E-state index contributed by atoms with van der Waals surface area (Å²) in [5.74, 6) is -1.05. The first-order valence-corrected chi connectivity index (χ1v) is 7.21. The second-order valence-electron chi connectivity index (χ2n) is 5.26. The van der Waals surface area contributed by atoms with Crippen LogP contribution in [0.25, 0.3) is 0 Å². The monoisotopic (exact) mass is 312 g/mol. The molecular weight excluding hydrogens is 296 g/mol. The van der Waals surface area contributed by atoms with E-state index in [0.717, 1.165) is 10.5 Å². The summed E-state index contributed by atoms with van der Waals surface area (Å²) in [6, 6.07) is 11.6. The number of rotatable bonds is 4. The summed E-state index contributed by atoms with van der Waals surface area (Å²) >= 11 is 0. The molecule has 1 aliphatic rings. The van der Waals surface area contributed by atoms with Gasteiger partial charge in [-0.25, -0.2) is 4.79 Å².